The molecule has 0 saturated carbocycles. The predicted octanol–water partition coefficient (Wildman–Crippen LogP) is 5.48. The summed E-state index contributed by atoms with van der Waals surface area (Å²) in [5.74, 6) is 0.463. The van der Waals surface area contributed by atoms with Gasteiger partial charge in [0.1, 0.15) is 0 Å². The standard InChI is InChI=1S/C20H27N/c1-5-6-12-21-13-11-18-9-7-8-10-19(18)20-16(3)14-15(2)17(20)4/h7-10,13-14,20H,5-6,11-12H2,1-4H3. The van der Waals surface area contributed by atoms with Crippen molar-refractivity contribution in [3.05, 3.63) is 58.2 Å². The lowest BCUT2D eigenvalue weighted by Crippen LogP contribution is -2.04. The highest BCUT2D eigenvalue weighted by molar-refractivity contribution is 5.64. The van der Waals surface area contributed by atoms with E-state index in [9.17, 15) is 0 Å². The van der Waals surface area contributed by atoms with Crippen LogP contribution in [0.5, 0.6) is 0 Å². The molecule has 0 radical (unpaired) electrons. The minimum absolute atomic E-state index is 0.463. The van der Waals surface area contributed by atoms with Gasteiger partial charge in [-0.3, -0.25) is 4.99 Å². The van der Waals surface area contributed by atoms with Crippen molar-refractivity contribution < 1.29 is 0 Å². The van der Waals surface area contributed by atoms with Gasteiger partial charge < -0.3 is 0 Å². The smallest absolute Gasteiger partial charge is 0.0385 e. The molecule has 0 saturated heterocycles. The Hall–Kier alpha value is -1.63. The third-order valence-electron chi connectivity index (χ3n) is 4.40. The monoisotopic (exact) mass is 281 g/mol. The molecule has 0 heterocycles. The lowest BCUT2D eigenvalue weighted by atomic mass is 9.85. The van der Waals surface area contributed by atoms with Crippen LogP contribution in [0.25, 0.3) is 0 Å². The van der Waals surface area contributed by atoms with Crippen LogP contribution in [0.3, 0.4) is 0 Å². The molecule has 1 heteroatoms. The zero-order chi connectivity index (χ0) is 15.2. The number of aliphatic imine (C=N–C) groups is 1. The molecule has 0 N–H and O–H groups in total. The van der Waals surface area contributed by atoms with Gasteiger partial charge >= 0.3 is 0 Å². The van der Waals surface area contributed by atoms with E-state index >= 15 is 0 Å². The van der Waals surface area contributed by atoms with E-state index in [-0.39, 0.29) is 0 Å². The zero-order valence-electron chi connectivity index (χ0n) is 13.8. The minimum Gasteiger partial charge on any atom is -0.297 e. The molecule has 112 valence electrons. The molecular formula is C20H27N. The second-order valence-electron chi connectivity index (χ2n) is 6.03. The Bertz CT molecular complexity index is 575. The van der Waals surface area contributed by atoms with Crippen LogP contribution in [-0.2, 0) is 6.42 Å². The maximum absolute atomic E-state index is 4.53. The van der Waals surface area contributed by atoms with E-state index in [1.807, 2.05) is 0 Å². The van der Waals surface area contributed by atoms with Crippen LogP contribution in [0.2, 0.25) is 0 Å². The van der Waals surface area contributed by atoms with Crippen LogP contribution in [-0.4, -0.2) is 12.8 Å². The zero-order valence-corrected chi connectivity index (χ0v) is 13.8. The summed E-state index contributed by atoms with van der Waals surface area (Å²) >= 11 is 0. The van der Waals surface area contributed by atoms with Gasteiger partial charge in [0, 0.05) is 25.1 Å². The average molecular weight is 281 g/mol. The fraction of sp³-hybridized carbons (Fsp3) is 0.450. The van der Waals surface area contributed by atoms with E-state index in [1.165, 1.54) is 40.7 Å². The molecule has 1 aliphatic rings. The van der Waals surface area contributed by atoms with Gasteiger partial charge in [-0.25, -0.2) is 0 Å². The van der Waals surface area contributed by atoms with Gasteiger partial charge in [0.2, 0.25) is 0 Å². The minimum atomic E-state index is 0.463. The highest BCUT2D eigenvalue weighted by atomic mass is 14.7. The molecule has 0 aliphatic heterocycles. The van der Waals surface area contributed by atoms with Crippen LogP contribution in [0.4, 0.5) is 0 Å². The van der Waals surface area contributed by atoms with Crippen molar-refractivity contribution >= 4 is 6.21 Å². The lowest BCUT2D eigenvalue weighted by Gasteiger charge is -2.19. The van der Waals surface area contributed by atoms with E-state index in [0.29, 0.717) is 5.92 Å². The third kappa shape index (κ3) is 3.72. The summed E-state index contributed by atoms with van der Waals surface area (Å²) in [7, 11) is 0. The quantitative estimate of drug-likeness (QED) is 0.483. The average Bonchev–Trinajstić information content (AvgIpc) is 2.73. The third-order valence-corrected chi connectivity index (χ3v) is 4.40. The number of rotatable bonds is 6. The van der Waals surface area contributed by atoms with Crippen molar-refractivity contribution in [3.8, 4) is 0 Å². The molecule has 0 fully saturated rings. The number of benzene rings is 1. The summed E-state index contributed by atoms with van der Waals surface area (Å²) in [6.07, 6.45) is 7.75. The molecule has 0 spiro atoms. The molecule has 21 heavy (non-hydrogen) atoms. The lowest BCUT2D eigenvalue weighted by molar-refractivity contribution is 0.808. The van der Waals surface area contributed by atoms with Crippen molar-refractivity contribution in [3.63, 3.8) is 0 Å². The number of unbranched alkanes of at least 4 members (excludes halogenated alkanes) is 1. The van der Waals surface area contributed by atoms with Gasteiger partial charge in [-0.15, -0.1) is 0 Å². The number of hydrogen-bond donors (Lipinski definition) is 0. The van der Waals surface area contributed by atoms with Crippen molar-refractivity contribution in [1.29, 1.82) is 0 Å². The molecule has 1 aliphatic carbocycles. The summed E-state index contributed by atoms with van der Waals surface area (Å²) in [5.41, 5.74) is 7.22. The first-order valence-corrected chi connectivity index (χ1v) is 8.06. The maximum atomic E-state index is 4.53. The normalized spacial score (nSPS) is 18.7. The first-order valence-electron chi connectivity index (χ1n) is 8.06. The topological polar surface area (TPSA) is 12.4 Å². The van der Waals surface area contributed by atoms with E-state index < -0.39 is 0 Å². The Morgan fingerprint density at radius 1 is 1.14 bits per heavy atom. The van der Waals surface area contributed by atoms with Crippen molar-refractivity contribution in [2.75, 3.05) is 6.54 Å². The van der Waals surface area contributed by atoms with Crippen molar-refractivity contribution in [2.45, 2.75) is 52.9 Å². The maximum Gasteiger partial charge on any atom is 0.0385 e. The van der Waals surface area contributed by atoms with Crippen LogP contribution in [0, 0.1) is 0 Å². The number of nitrogens with zero attached hydrogens (tertiary/aromatic N) is 1. The van der Waals surface area contributed by atoms with Crippen molar-refractivity contribution in [1.82, 2.24) is 0 Å². The molecule has 1 atom stereocenters. The van der Waals surface area contributed by atoms with Gasteiger partial charge in [0.05, 0.1) is 0 Å². The Kier molecular flexibility index (Phi) is 5.55. The molecular weight excluding hydrogens is 254 g/mol. The second kappa shape index (κ2) is 7.40. The fourth-order valence-corrected chi connectivity index (χ4v) is 3.09. The predicted molar refractivity (Wildman–Crippen MR) is 93.3 cm³/mol. The molecule has 2 rings (SSSR count). The fourth-order valence-electron chi connectivity index (χ4n) is 3.09. The molecule has 1 aromatic carbocycles. The highest BCUT2D eigenvalue weighted by Gasteiger charge is 2.23. The van der Waals surface area contributed by atoms with E-state index in [0.717, 1.165) is 13.0 Å². The highest BCUT2D eigenvalue weighted by Crippen LogP contribution is 2.40. The SMILES string of the molecule is CCCCN=CCc1ccccc1C1C(C)=CC(C)=C1C. The number of allylic oxidation sites excluding steroid dienone is 4. The summed E-state index contributed by atoms with van der Waals surface area (Å²) in [4.78, 5) is 4.53. The molecule has 0 aromatic heterocycles. The Morgan fingerprint density at radius 3 is 2.57 bits per heavy atom. The summed E-state index contributed by atoms with van der Waals surface area (Å²) in [6, 6.07) is 8.81. The van der Waals surface area contributed by atoms with Gasteiger partial charge in [0.25, 0.3) is 0 Å². The molecule has 0 amide bonds. The van der Waals surface area contributed by atoms with E-state index in [4.69, 9.17) is 0 Å². The first kappa shape index (κ1) is 15.8. The van der Waals surface area contributed by atoms with Crippen LogP contribution in [0.15, 0.2) is 52.1 Å². The second-order valence-corrected chi connectivity index (χ2v) is 6.03. The summed E-state index contributed by atoms with van der Waals surface area (Å²) in [6.45, 7) is 9.89. The Labute approximate surface area is 129 Å². The van der Waals surface area contributed by atoms with Crippen LogP contribution in [0.1, 0.15) is 57.6 Å². The molecule has 1 unspecified atom stereocenters. The summed E-state index contributed by atoms with van der Waals surface area (Å²) in [5, 5.41) is 0. The van der Waals surface area contributed by atoms with Gasteiger partial charge in [-0.05, 0) is 38.3 Å². The van der Waals surface area contributed by atoms with Gasteiger partial charge in [0.15, 0.2) is 0 Å². The Morgan fingerprint density at radius 2 is 1.90 bits per heavy atom. The number of hydrogen-bond acceptors (Lipinski definition) is 1. The molecule has 0 bridgehead atoms. The van der Waals surface area contributed by atoms with E-state index in [1.54, 1.807) is 0 Å². The van der Waals surface area contributed by atoms with Crippen molar-refractivity contribution in [2.24, 2.45) is 4.99 Å². The molecule has 1 nitrogen and oxygen atoms in total. The van der Waals surface area contributed by atoms with Crippen LogP contribution >= 0.6 is 0 Å². The Balaban J connectivity index is 2.18. The van der Waals surface area contributed by atoms with E-state index in [2.05, 4.69) is 69.2 Å². The van der Waals surface area contributed by atoms with Gasteiger partial charge in [-0.2, -0.15) is 0 Å². The van der Waals surface area contributed by atoms with Crippen LogP contribution < -0.4 is 0 Å². The summed E-state index contributed by atoms with van der Waals surface area (Å²) < 4.78 is 0. The first-order chi connectivity index (χ1) is 10.1. The van der Waals surface area contributed by atoms with Gasteiger partial charge in [-0.1, -0.05) is 60.4 Å². The molecule has 1 aromatic rings. The largest absolute Gasteiger partial charge is 0.297 e.